The molecule has 2 unspecified atom stereocenters. The highest BCUT2D eigenvalue weighted by molar-refractivity contribution is 9.10. The largest absolute Gasteiger partial charge is 0.309 e. The molecule has 0 amide bonds. The monoisotopic (exact) mass is 250 g/mol. The summed E-state index contributed by atoms with van der Waals surface area (Å²) in [4.78, 5) is 4.20. The van der Waals surface area contributed by atoms with E-state index in [0.29, 0.717) is 6.04 Å². The topological polar surface area (TPSA) is 24.9 Å². The van der Waals surface area contributed by atoms with Gasteiger partial charge in [-0.15, -0.1) is 0 Å². The molecule has 1 fully saturated rings. The Hall–Kier alpha value is -0.670. The van der Waals surface area contributed by atoms with Gasteiger partial charge in [-0.1, -0.05) is 6.08 Å². The molecule has 0 spiro atoms. The van der Waals surface area contributed by atoms with Crippen LogP contribution in [0.3, 0.4) is 0 Å². The molecule has 0 bridgehead atoms. The van der Waals surface area contributed by atoms with Gasteiger partial charge in [0.25, 0.3) is 0 Å². The van der Waals surface area contributed by atoms with E-state index in [4.69, 9.17) is 0 Å². The zero-order valence-electron chi connectivity index (χ0n) is 7.70. The molecule has 3 rings (SSSR count). The fourth-order valence-corrected chi connectivity index (χ4v) is 2.62. The van der Waals surface area contributed by atoms with E-state index in [9.17, 15) is 0 Å². The molecule has 2 heterocycles. The molecule has 1 aromatic heterocycles. The van der Waals surface area contributed by atoms with Crippen molar-refractivity contribution < 1.29 is 0 Å². The molecular weight excluding hydrogens is 240 g/mol. The van der Waals surface area contributed by atoms with Crippen molar-refractivity contribution in [1.29, 1.82) is 0 Å². The second kappa shape index (κ2) is 3.17. The van der Waals surface area contributed by atoms with E-state index >= 15 is 0 Å². The van der Waals surface area contributed by atoms with Gasteiger partial charge in [0.2, 0.25) is 0 Å². The van der Waals surface area contributed by atoms with Crippen molar-refractivity contribution in [2.75, 3.05) is 6.54 Å². The number of allylic oxidation sites excluding steroid dienone is 1. The van der Waals surface area contributed by atoms with Crippen molar-refractivity contribution in [3.8, 4) is 0 Å². The molecule has 0 radical (unpaired) electrons. The predicted molar refractivity (Wildman–Crippen MR) is 59.8 cm³/mol. The minimum atomic E-state index is 0.589. The van der Waals surface area contributed by atoms with Crippen molar-refractivity contribution >= 4 is 21.5 Å². The Morgan fingerprint density at radius 2 is 2.36 bits per heavy atom. The van der Waals surface area contributed by atoms with Gasteiger partial charge in [-0.05, 0) is 45.5 Å². The zero-order chi connectivity index (χ0) is 9.54. The van der Waals surface area contributed by atoms with Crippen molar-refractivity contribution in [3.05, 3.63) is 34.6 Å². The molecule has 14 heavy (non-hydrogen) atoms. The van der Waals surface area contributed by atoms with Gasteiger partial charge in [0, 0.05) is 29.5 Å². The first kappa shape index (κ1) is 8.62. The average molecular weight is 251 g/mol. The van der Waals surface area contributed by atoms with Crippen LogP contribution in [0.5, 0.6) is 0 Å². The van der Waals surface area contributed by atoms with Crippen LogP contribution in [0.4, 0.5) is 0 Å². The lowest BCUT2D eigenvalue weighted by Crippen LogP contribution is -2.50. The summed E-state index contributed by atoms with van der Waals surface area (Å²) in [6.45, 7) is 1.17. The van der Waals surface area contributed by atoms with Gasteiger partial charge in [-0.25, -0.2) is 0 Å². The van der Waals surface area contributed by atoms with Gasteiger partial charge in [0.15, 0.2) is 0 Å². The number of aromatic nitrogens is 1. The number of nitrogens with one attached hydrogen (secondary N) is 1. The van der Waals surface area contributed by atoms with Gasteiger partial charge >= 0.3 is 0 Å². The molecular formula is C11H11BrN2. The predicted octanol–water partition coefficient (Wildman–Crippen LogP) is 2.22. The third-order valence-corrected chi connectivity index (χ3v) is 3.52. The van der Waals surface area contributed by atoms with E-state index in [-0.39, 0.29) is 0 Å². The van der Waals surface area contributed by atoms with Crippen molar-refractivity contribution in [3.63, 3.8) is 0 Å². The molecule has 3 heteroatoms. The highest BCUT2D eigenvalue weighted by Crippen LogP contribution is 2.37. The van der Waals surface area contributed by atoms with Crippen LogP contribution in [0, 0.1) is 5.92 Å². The molecule has 2 aliphatic rings. The van der Waals surface area contributed by atoms with E-state index < -0.39 is 0 Å². The van der Waals surface area contributed by atoms with Crippen LogP contribution in [-0.4, -0.2) is 17.6 Å². The van der Waals surface area contributed by atoms with Crippen molar-refractivity contribution in [1.82, 2.24) is 10.3 Å². The summed E-state index contributed by atoms with van der Waals surface area (Å²) >= 11 is 3.45. The third kappa shape index (κ3) is 1.23. The lowest BCUT2D eigenvalue weighted by Gasteiger charge is -2.34. The van der Waals surface area contributed by atoms with E-state index in [1.807, 2.05) is 12.4 Å². The lowest BCUT2D eigenvalue weighted by atomic mass is 9.89. The van der Waals surface area contributed by atoms with Crippen LogP contribution in [0.15, 0.2) is 29.0 Å². The number of hydrogen-bond acceptors (Lipinski definition) is 2. The van der Waals surface area contributed by atoms with Gasteiger partial charge in [-0.2, -0.15) is 0 Å². The second-order valence-corrected chi connectivity index (χ2v) is 4.85. The maximum atomic E-state index is 4.20. The standard InChI is InChI=1S/C11H11BrN2/c12-9-3-8(4-13-6-9)10-2-1-7-5-14-11(7)10/h2-4,6-7,11,14H,1,5H2. The Morgan fingerprint density at radius 1 is 1.43 bits per heavy atom. The third-order valence-electron chi connectivity index (χ3n) is 3.09. The molecule has 72 valence electrons. The van der Waals surface area contributed by atoms with Crippen LogP contribution in [-0.2, 0) is 0 Å². The van der Waals surface area contributed by atoms with Gasteiger partial charge in [0.1, 0.15) is 0 Å². The summed E-state index contributed by atoms with van der Waals surface area (Å²) in [6.07, 6.45) is 7.34. The molecule has 2 nitrogen and oxygen atoms in total. The first-order chi connectivity index (χ1) is 6.84. The first-order valence-electron chi connectivity index (χ1n) is 4.89. The Bertz CT molecular complexity index is 400. The van der Waals surface area contributed by atoms with Crippen LogP contribution in [0.25, 0.3) is 5.57 Å². The molecule has 2 atom stereocenters. The summed E-state index contributed by atoms with van der Waals surface area (Å²) < 4.78 is 1.05. The number of halogens is 1. The van der Waals surface area contributed by atoms with Crippen molar-refractivity contribution in [2.24, 2.45) is 5.92 Å². The van der Waals surface area contributed by atoms with Gasteiger partial charge < -0.3 is 5.32 Å². The van der Waals surface area contributed by atoms with E-state index in [1.165, 1.54) is 24.1 Å². The summed E-state index contributed by atoms with van der Waals surface area (Å²) in [6, 6.07) is 2.73. The number of nitrogens with zero attached hydrogens (tertiary/aromatic N) is 1. The number of pyridine rings is 1. The van der Waals surface area contributed by atoms with E-state index in [2.05, 4.69) is 38.4 Å². The summed E-state index contributed by atoms with van der Waals surface area (Å²) in [7, 11) is 0. The number of rotatable bonds is 1. The second-order valence-electron chi connectivity index (χ2n) is 3.93. The highest BCUT2D eigenvalue weighted by Gasteiger charge is 2.37. The van der Waals surface area contributed by atoms with Crippen LogP contribution >= 0.6 is 15.9 Å². The Kier molecular flexibility index (Phi) is 1.96. The average Bonchev–Trinajstić information content (AvgIpc) is 2.41. The minimum Gasteiger partial charge on any atom is -0.309 e. The first-order valence-corrected chi connectivity index (χ1v) is 5.68. The Balaban J connectivity index is 1.95. The van der Waals surface area contributed by atoms with Crippen LogP contribution in [0.1, 0.15) is 12.0 Å². The maximum Gasteiger partial charge on any atom is 0.0410 e. The number of fused-ring (bicyclic) bond motifs is 1. The molecule has 1 aliphatic carbocycles. The van der Waals surface area contributed by atoms with Crippen LogP contribution < -0.4 is 5.32 Å². The highest BCUT2D eigenvalue weighted by atomic mass is 79.9. The summed E-state index contributed by atoms with van der Waals surface area (Å²) in [5.74, 6) is 0.837. The quantitative estimate of drug-likeness (QED) is 0.827. The maximum absolute atomic E-state index is 4.20. The molecule has 1 aliphatic heterocycles. The molecule has 1 aromatic rings. The Labute approximate surface area is 91.6 Å². The van der Waals surface area contributed by atoms with E-state index in [0.717, 1.165) is 10.4 Å². The van der Waals surface area contributed by atoms with Gasteiger partial charge in [-0.3, -0.25) is 4.98 Å². The zero-order valence-corrected chi connectivity index (χ0v) is 9.29. The minimum absolute atomic E-state index is 0.589. The lowest BCUT2D eigenvalue weighted by molar-refractivity contribution is 0.307. The smallest absolute Gasteiger partial charge is 0.0410 e. The summed E-state index contributed by atoms with van der Waals surface area (Å²) in [5, 5.41) is 3.46. The fraction of sp³-hybridized carbons (Fsp3) is 0.364. The molecule has 0 aromatic carbocycles. The molecule has 1 saturated heterocycles. The Morgan fingerprint density at radius 3 is 3.00 bits per heavy atom. The SMILES string of the molecule is Brc1cncc(C2=CCC3CNC23)c1. The van der Waals surface area contributed by atoms with Gasteiger partial charge in [0.05, 0.1) is 0 Å². The van der Waals surface area contributed by atoms with Crippen molar-refractivity contribution in [2.45, 2.75) is 12.5 Å². The fourth-order valence-electron chi connectivity index (χ4n) is 2.26. The summed E-state index contributed by atoms with van der Waals surface area (Å²) in [5.41, 5.74) is 2.68. The van der Waals surface area contributed by atoms with E-state index in [1.54, 1.807) is 0 Å². The molecule has 1 N–H and O–H groups in total. The normalized spacial score (nSPS) is 29.4. The molecule has 0 saturated carbocycles. The van der Waals surface area contributed by atoms with Crippen LogP contribution in [0.2, 0.25) is 0 Å². The number of hydrogen-bond donors (Lipinski definition) is 1.